The van der Waals surface area contributed by atoms with Crippen LogP contribution in [0.1, 0.15) is 35.7 Å². The summed E-state index contributed by atoms with van der Waals surface area (Å²) in [5.41, 5.74) is 1.30. The number of nitrogens with one attached hydrogen (secondary N) is 3. The maximum absolute atomic E-state index is 13.1. The van der Waals surface area contributed by atoms with E-state index < -0.39 is 29.8 Å². The van der Waals surface area contributed by atoms with Crippen molar-refractivity contribution in [2.45, 2.75) is 38.3 Å². The zero-order valence-corrected chi connectivity index (χ0v) is 21.4. The van der Waals surface area contributed by atoms with E-state index in [-0.39, 0.29) is 31.0 Å². The highest BCUT2D eigenvalue weighted by Crippen LogP contribution is 2.18. The molecule has 0 unspecified atom stereocenters. The number of benzene rings is 2. The molecule has 2 aromatic carbocycles. The van der Waals surface area contributed by atoms with Crippen LogP contribution in [-0.2, 0) is 20.8 Å². The molecule has 0 saturated carbocycles. The van der Waals surface area contributed by atoms with Gasteiger partial charge in [0.25, 0.3) is 5.91 Å². The van der Waals surface area contributed by atoms with Gasteiger partial charge in [-0.1, -0.05) is 24.3 Å². The highest BCUT2D eigenvalue weighted by Gasteiger charge is 2.28. The van der Waals surface area contributed by atoms with Gasteiger partial charge in [-0.25, -0.2) is 0 Å². The molecule has 0 fully saturated rings. The van der Waals surface area contributed by atoms with Gasteiger partial charge in [0.2, 0.25) is 17.7 Å². The zero-order chi connectivity index (χ0) is 26.8. The minimum atomic E-state index is -1.14. The predicted molar refractivity (Wildman–Crippen MR) is 137 cm³/mol. The molecule has 2 atom stereocenters. The molecule has 1 heterocycles. The first-order valence-corrected chi connectivity index (χ1v) is 12.3. The van der Waals surface area contributed by atoms with E-state index in [1.165, 1.54) is 4.90 Å². The molecule has 4 amide bonds. The van der Waals surface area contributed by atoms with Crippen molar-refractivity contribution in [3.8, 4) is 11.5 Å². The topological polar surface area (TPSA) is 126 Å². The summed E-state index contributed by atoms with van der Waals surface area (Å²) in [4.78, 5) is 52.9. The van der Waals surface area contributed by atoms with Crippen molar-refractivity contribution in [2.24, 2.45) is 0 Å². The van der Waals surface area contributed by atoms with E-state index in [1.807, 2.05) is 24.3 Å². The number of amides is 4. The summed E-state index contributed by atoms with van der Waals surface area (Å²) in [7, 11) is 3.22. The molecule has 0 spiro atoms. The SMILES string of the molecule is COc1cccc(CCCNC(=O)[C@@H]2CC(=O)N[C@@H](C)C(=O)N(C)CCOc3ccccc3C(=O)N2)c1. The van der Waals surface area contributed by atoms with E-state index in [2.05, 4.69) is 16.0 Å². The lowest BCUT2D eigenvalue weighted by Gasteiger charge is -2.25. The van der Waals surface area contributed by atoms with Crippen molar-refractivity contribution < 1.29 is 28.7 Å². The standard InChI is InChI=1S/C27H34N4O6/c1-18-27(35)31(2)14-15-37-23-12-5-4-11-21(23)25(33)30-22(17-24(32)29-18)26(34)28-13-7-9-19-8-6-10-20(16-19)36-3/h4-6,8,10-12,16,18,22H,7,9,13-15,17H2,1-3H3,(H,28,34)(H,29,32)(H,30,33)/t18-,22-/m0/s1. The number of para-hydroxylation sites is 1. The summed E-state index contributed by atoms with van der Waals surface area (Å²) in [5.74, 6) is -0.742. The summed E-state index contributed by atoms with van der Waals surface area (Å²) < 4.78 is 11.0. The minimum Gasteiger partial charge on any atom is -0.497 e. The fourth-order valence-electron chi connectivity index (χ4n) is 3.96. The number of fused-ring (bicyclic) bond motifs is 1. The number of methoxy groups -OCH3 is 1. The lowest BCUT2D eigenvalue weighted by molar-refractivity contribution is -0.135. The molecule has 0 aromatic heterocycles. The number of likely N-dealkylation sites (N-methyl/N-ethyl adjacent to an activating group) is 1. The summed E-state index contributed by atoms with van der Waals surface area (Å²) >= 11 is 0. The van der Waals surface area contributed by atoms with E-state index in [1.54, 1.807) is 45.3 Å². The minimum absolute atomic E-state index is 0.157. The number of ether oxygens (including phenoxy) is 2. The van der Waals surface area contributed by atoms with E-state index in [9.17, 15) is 19.2 Å². The van der Waals surface area contributed by atoms with Crippen LogP contribution in [-0.4, -0.2) is 74.5 Å². The number of hydrogen-bond donors (Lipinski definition) is 3. The van der Waals surface area contributed by atoms with Crippen LogP contribution in [0.15, 0.2) is 48.5 Å². The average Bonchev–Trinajstić information content (AvgIpc) is 2.89. The second kappa shape index (κ2) is 13.3. The van der Waals surface area contributed by atoms with Gasteiger partial charge in [-0.05, 0) is 49.6 Å². The van der Waals surface area contributed by atoms with Gasteiger partial charge in [0.15, 0.2) is 0 Å². The molecule has 0 aliphatic carbocycles. The third kappa shape index (κ3) is 7.96. The molecule has 2 aromatic rings. The number of carbonyl (C=O) groups excluding carboxylic acids is 4. The zero-order valence-electron chi connectivity index (χ0n) is 21.4. The van der Waals surface area contributed by atoms with Crippen molar-refractivity contribution >= 4 is 23.6 Å². The maximum Gasteiger partial charge on any atom is 0.255 e. The average molecular weight is 511 g/mol. The van der Waals surface area contributed by atoms with Gasteiger partial charge in [-0.2, -0.15) is 0 Å². The maximum atomic E-state index is 13.1. The lowest BCUT2D eigenvalue weighted by atomic mass is 10.1. The van der Waals surface area contributed by atoms with E-state index in [4.69, 9.17) is 9.47 Å². The Morgan fingerprint density at radius 3 is 2.70 bits per heavy atom. The fourth-order valence-corrected chi connectivity index (χ4v) is 3.96. The molecule has 3 N–H and O–H groups in total. The van der Waals surface area contributed by atoms with Gasteiger partial charge in [-0.15, -0.1) is 0 Å². The van der Waals surface area contributed by atoms with Gasteiger partial charge >= 0.3 is 0 Å². The van der Waals surface area contributed by atoms with Crippen LogP contribution in [0, 0.1) is 0 Å². The summed E-state index contributed by atoms with van der Waals surface area (Å²) in [6, 6.07) is 12.4. The summed E-state index contributed by atoms with van der Waals surface area (Å²) in [6.07, 6.45) is 1.05. The van der Waals surface area contributed by atoms with Gasteiger partial charge in [0, 0.05) is 13.6 Å². The summed E-state index contributed by atoms with van der Waals surface area (Å²) in [5, 5.41) is 8.09. The Labute approximate surface area is 216 Å². The first-order chi connectivity index (χ1) is 17.8. The molecular weight excluding hydrogens is 476 g/mol. The summed E-state index contributed by atoms with van der Waals surface area (Å²) in [6.45, 7) is 2.36. The van der Waals surface area contributed by atoms with E-state index >= 15 is 0 Å². The highest BCUT2D eigenvalue weighted by molar-refractivity contribution is 6.01. The molecular formula is C27H34N4O6. The lowest BCUT2D eigenvalue weighted by Crippen LogP contribution is -2.52. The number of hydrogen-bond acceptors (Lipinski definition) is 6. The third-order valence-electron chi connectivity index (χ3n) is 6.03. The second-order valence-electron chi connectivity index (χ2n) is 8.87. The van der Waals surface area contributed by atoms with Crippen molar-refractivity contribution in [1.29, 1.82) is 0 Å². The van der Waals surface area contributed by atoms with Crippen LogP contribution in [0.5, 0.6) is 11.5 Å². The number of nitrogens with zero attached hydrogens (tertiary/aromatic N) is 1. The molecule has 0 bridgehead atoms. The van der Waals surface area contributed by atoms with Crippen LogP contribution in [0.25, 0.3) is 0 Å². The molecule has 1 aliphatic rings. The molecule has 10 nitrogen and oxygen atoms in total. The van der Waals surface area contributed by atoms with Crippen LogP contribution in [0.2, 0.25) is 0 Å². The molecule has 0 radical (unpaired) electrons. The number of rotatable bonds is 6. The first kappa shape index (κ1) is 27.5. The second-order valence-corrected chi connectivity index (χ2v) is 8.87. The van der Waals surface area contributed by atoms with Crippen molar-refractivity contribution in [2.75, 3.05) is 33.9 Å². The molecule has 37 heavy (non-hydrogen) atoms. The van der Waals surface area contributed by atoms with E-state index in [0.29, 0.717) is 25.1 Å². The monoisotopic (exact) mass is 510 g/mol. The Morgan fingerprint density at radius 1 is 1.14 bits per heavy atom. The van der Waals surface area contributed by atoms with Crippen molar-refractivity contribution in [1.82, 2.24) is 20.9 Å². The molecule has 198 valence electrons. The highest BCUT2D eigenvalue weighted by atomic mass is 16.5. The Bertz CT molecular complexity index is 1120. The van der Waals surface area contributed by atoms with Crippen LogP contribution in [0.3, 0.4) is 0 Å². The smallest absolute Gasteiger partial charge is 0.255 e. The Morgan fingerprint density at radius 2 is 1.92 bits per heavy atom. The normalized spacial score (nSPS) is 19.0. The largest absolute Gasteiger partial charge is 0.497 e. The molecule has 10 heteroatoms. The predicted octanol–water partition coefficient (Wildman–Crippen LogP) is 1.29. The van der Waals surface area contributed by atoms with Crippen LogP contribution < -0.4 is 25.4 Å². The Hall–Kier alpha value is -4.08. The molecule has 3 rings (SSSR count). The third-order valence-corrected chi connectivity index (χ3v) is 6.03. The van der Waals surface area contributed by atoms with Gasteiger partial charge in [-0.3, -0.25) is 19.2 Å². The molecule has 0 saturated heterocycles. The van der Waals surface area contributed by atoms with E-state index in [0.717, 1.165) is 11.3 Å². The first-order valence-electron chi connectivity index (χ1n) is 12.3. The number of aryl methyl sites for hydroxylation is 1. The van der Waals surface area contributed by atoms with Gasteiger partial charge in [0.1, 0.15) is 30.2 Å². The fraction of sp³-hybridized carbons (Fsp3) is 0.407. The Balaban J connectivity index is 1.71. The van der Waals surface area contributed by atoms with Gasteiger partial charge < -0.3 is 30.3 Å². The Kier molecular flexibility index (Phi) is 9.88. The van der Waals surface area contributed by atoms with Crippen LogP contribution >= 0.6 is 0 Å². The van der Waals surface area contributed by atoms with Crippen molar-refractivity contribution in [3.05, 3.63) is 59.7 Å². The van der Waals surface area contributed by atoms with Gasteiger partial charge in [0.05, 0.1) is 25.6 Å². The van der Waals surface area contributed by atoms with Crippen molar-refractivity contribution in [3.63, 3.8) is 0 Å². The van der Waals surface area contributed by atoms with Crippen LogP contribution in [0.4, 0.5) is 0 Å². The molecule has 1 aliphatic heterocycles. The number of carbonyl (C=O) groups is 4. The quantitative estimate of drug-likeness (QED) is 0.503.